The second-order valence-electron chi connectivity index (χ2n) is 4.44. The molecule has 2 aromatic rings. The molecule has 94 valence electrons. The van der Waals surface area contributed by atoms with Crippen LogP contribution in [0, 0.1) is 0 Å². The molecule has 3 heterocycles. The third kappa shape index (κ3) is 1.97. The number of hydrogen-bond acceptors (Lipinski definition) is 5. The molecule has 0 aliphatic carbocycles. The zero-order valence-electron chi connectivity index (χ0n) is 10.0. The summed E-state index contributed by atoms with van der Waals surface area (Å²) in [5, 5.41) is 3.88. The van der Waals surface area contributed by atoms with Crippen LogP contribution in [0.1, 0.15) is 24.5 Å². The average molecular weight is 245 g/mol. The van der Waals surface area contributed by atoms with Crippen molar-refractivity contribution in [2.24, 2.45) is 0 Å². The van der Waals surface area contributed by atoms with Crippen LogP contribution in [0.4, 0.5) is 5.82 Å². The molecular weight excluding hydrogens is 230 g/mol. The van der Waals surface area contributed by atoms with Crippen molar-refractivity contribution in [3.8, 4) is 11.3 Å². The van der Waals surface area contributed by atoms with Crippen LogP contribution in [0.25, 0.3) is 11.3 Å². The highest BCUT2D eigenvalue weighted by Gasteiger charge is 2.26. The first-order valence-corrected chi connectivity index (χ1v) is 6.10. The molecular formula is C13H15N3O2. The number of nitrogens with two attached hydrogens (primary N) is 1. The minimum absolute atomic E-state index is 0.223. The monoisotopic (exact) mass is 245 g/mol. The van der Waals surface area contributed by atoms with Crippen LogP contribution in [0.5, 0.6) is 0 Å². The van der Waals surface area contributed by atoms with Crippen molar-refractivity contribution in [1.29, 1.82) is 0 Å². The van der Waals surface area contributed by atoms with E-state index in [-0.39, 0.29) is 5.92 Å². The van der Waals surface area contributed by atoms with E-state index in [2.05, 4.69) is 10.1 Å². The number of aromatic nitrogens is 2. The van der Waals surface area contributed by atoms with Crippen molar-refractivity contribution in [2.45, 2.75) is 18.8 Å². The molecule has 0 aromatic carbocycles. The molecule has 1 saturated heterocycles. The molecule has 5 nitrogen and oxygen atoms in total. The fraction of sp³-hybridized carbons (Fsp3) is 0.385. The molecule has 0 saturated carbocycles. The predicted octanol–water partition coefficient (Wildman–Crippen LogP) is 2.21. The van der Waals surface area contributed by atoms with Gasteiger partial charge in [-0.2, -0.15) is 0 Å². The van der Waals surface area contributed by atoms with Crippen LogP contribution in [0.2, 0.25) is 0 Å². The predicted molar refractivity (Wildman–Crippen MR) is 66.9 cm³/mol. The lowest BCUT2D eigenvalue weighted by molar-refractivity contribution is 0.0723. The third-order valence-corrected chi connectivity index (χ3v) is 3.20. The first-order valence-electron chi connectivity index (χ1n) is 6.10. The van der Waals surface area contributed by atoms with E-state index < -0.39 is 0 Å². The van der Waals surface area contributed by atoms with Crippen LogP contribution in [-0.4, -0.2) is 23.4 Å². The lowest BCUT2D eigenvalue weighted by Gasteiger charge is -2.20. The maximum absolute atomic E-state index is 5.89. The normalized spacial score (nSPS) is 19.9. The Morgan fingerprint density at radius 1 is 1.33 bits per heavy atom. The van der Waals surface area contributed by atoms with Crippen LogP contribution in [0.15, 0.2) is 28.9 Å². The van der Waals surface area contributed by atoms with E-state index in [1.165, 1.54) is 0 Å². The number of nitrogens with zero attached hydrogens (tertiary/aromatic N) is 2. The van der Waals surface area contributed by atoms with Crippen LogP contribution in [-0.2, 0) is 4.74 Å². The van der Waals surface area contributed by atoms with Gasteiger partial charge in [0.25, 0.3) is 0 Å². The van der Waals surface area contributed by atoms with Gasteiger partial charge in [-0.15, -0.1) is 0 Å². The SMILES string of the molecule is Nc1noc(C2CCCOC2)c1-c1ccccn1. The van der Waals surface area contributed by atoms with Crippen molar-refractivity contribution >= 4 is 5.82 Å². The third-order valence-electron chi connectivity index (χ3n) is 3.20. The standard InChI is InChI=1S/C13H15N3O2/c14-13-11(10-5-1-2-6-15-10)12(18-16-13)9-4-3-7-17-8-9/h1-2,5-6,9H,3-4,7-8H2,(H2,14,16). The zero-order chi connectivity index (χ0) is 12.4. The molecule has 1 fully saturated rings. The second kappa shape index (κ2) is 4.78. The Kier molecular flexibility index (Phi) is 2.98. The highest BCUT2D eigenvalue weighted by atomic mass is 16.5. The number of hydrogen-bond donors (Lipinski definition) is 1. The number of pyridine rings is 1. The summed E-state index contributed by atoms with van der Waals surface area (Å²) < 4.78 is 10.9. The quantitative estimate of drug-likeness (QED) is 0.878. The Balaban J connectivity index is 2.01. The maximum atomic E-state index is 5.89. The van der Waals surface area contributed by atoms with Crippen molar-refractivity contribution in [2.75, 3.05) is 18.9 Å². The van der Waals surface area contributed by atoms with Crippen molar-refractivity contribution in [3.05, 3.63) is 30.2 Å². The second-order valence-corrected chi connectivity index (χ2v) is 4.44. The van der Waals surface area contributed by atoms with Gasteiger partial charge < -0.3 is 15.0 Å². The summed E-state index contributed by atoms with van der Waals surface area (Å²) >= 11 is 0. The van der Waals surface area contributed by atoms with Gasteiger partial charge in [-0.3, -0.25) is 4.98 Å². The molecule has 0 radical (unpaired) electrons. The Labute approximate surface area is 105 Å². The van der Waals surface area contributed by atoms with Gasteiger partial charge in [-0.1, -0.05) is 11.2 Å². The van der Waals surface area contributed by atoms with E-state index in [1.54, 1.807) is 6.20 Å². The van der Waals surface area contributed by atoms with Gasteiger partial charge in [0.15, 0.2) is 11.6 Å². The summed E-state index contributed by atoms with van der Waals surface area (Å²) in [6, 6.07) is 5.71. The minimum atomic E-state index is 0.223. The Bertz CT molecular complexity index is 518. The summed E-state index contributed by atoms with van der Waals surface area (Å²) in [6.45, 7) is 1.48. The molecule has 0 bridgehead atoms. The molecule has 5 heteroatoms. The fourth-order valence-corrected chi connectivity index (χ4v) is 2.31. The molecule has 1 atom stereocenters. The summed E-state index contributed by atoms with van der Waals surface area (Å²) in [5.74, 6) is 1.42. The molecule has 1 unspecified atom stereocenters. The molecule has 2 aromatic heterocycles. The average Bonchev–Trinajstić information content (AvgIpc) is 2.83. The molecule has 0 spiro atoms. The number of ether oxygens (including phenoxy) is 1. The molecule has 1 aliphatic rings. The summed E-state index contributed by atoms with van der Waals surface area (Å²) in [6.07, 6.45) is 3.81. The van der Waals surface area contributed by atoms with Crippen LogP contribution >= 0.6 is 0 Å². The fourth-order valence-electron chi connectivity index (χ4n) is 2.31. The zero-order valence-corrected chi connectivity index (χ0v) is 10.0. The minimum Gasteiger partial charge on any atom is -0.381 e. The van der Waals surface area contributed by atoms with E-state index in [9.17, 15) is 0 Å². The first kappa shape index (κ1) is 11.2. The van der Waals surface area contributed by atoms with E-state index in [4.69, 9.17) is 15.0 Å². The lowest BCUT2D eigenvalue weighted by atomic mass is 9.95. The Morgan fingerprint density at radius 3 is 3.00 bits per heavy atom. The van der Waals surface area contributed by atoms with Gasteiger partial charge in [0.05, 0.1) is 17.9 Å². The Hall–Kier alpha value is -1.88. The van der Waals surface area contributed by atoms with E-state index >= 15 is 0 Å². The van der Waals surface area contributed by atoms with Crippen molar-refractivity contribution in [3.63, 3.8) is 0 Å². The number of rotatable bonds is 2. The number of anilines is 1. The van der Waals surface area contributed by atoms with E-state index in [1.807, 2.05) is 18.2 Å². The summed E-state index contributed by atoms with van der Waals surface area (Å²) in [5.41, 5.74) is 7.51. The number of nitrogen functional groups attached to an aromatic ring is 1. The maximum Gasteiger partial charge on any atom is 0.176 e. The lowest BCUT2D eigenvalue weighted by Crippen LogP contribution is -2.15. The van der Waals surface area contributed by atoms with Crippen molar-refractivity contribution < 1.29 is 9.26 Å². The van der Waals surface area contributed by atoms with Gasteiger partial charge in [0.1, 0.15) is 0 Å². The molecule has 2 N–H and O–H groups in total. The molecule has 3 rings (SSSR count). The topological polar surface area (TPSA) is 74.2 Å². The molecule has 0 amide bonds. The van der Waals surface area contributed by atoms with Gasteiger partial charge in [-0.25, -0.2) is 0 Å². The summed E-state index contributed by atoms with van der Waals surface area (Å²) in [7, 11) is 0. The van der Waals surface area contributed by atoms with Crippen LogP contribution in [0.3, 0.4) is 0 Å². The first-order chi connectivity index (χ1) is 8.86. The smallest absolute Gasteiger partial charge is 0.176 e. The summed E-state index contributed by atoms with van der Waals surface area (Å²) in [4.78, 5) is 4.32. The Morgan fingerprint density at radius 2 is 2.28 bits per heavy atom. The van der Waals surface area contributed by atoms with Gasteiger partial charge >= 0.3 is 0 Å². The highest BCUT2D eigenvalue weighted by Crippen LogP contribution is 2.36. The van der Waals surface area contributed by atoms with Gasteiger partial charge in [0.2, 0.25) is 0 Å². The van der Waals surface area contributed by atoms with Gasteiger partial charge in [0, 0.05) is 18.7 Å². The van der Waals surface area contributed by atoms with Gasteiger partial charge in [-0.05, 0) is 25.0 Å². The molecule has 18 heavy (non-hydrogen) atoms. The van der Waals surface area contributed by atoms with Crippen molar-refractivity contribution in [1.82, 2.24) is 10.1 Å². The van der Waals surface area contributed by atoms with Crippen LogP contribution < -0.4 is 5.73 Å². The molecule has 1 aliphatic heterocycles. The largest absolute Gasteiger partial charge is 0.381 e. The van der Waals surface area contributed by atoms with E-state index in [0.717, 1.165) is 36.5 Å². The van der Waals surface area contributed by atoms with E-state index in [0.29, 0.717) is 12.4 Å². The highest BCUT2D eigenvalue weighted by molar-refractivity contribution is 5.73.